The molecule has 8 heteroatoms. The van der Waals surface area contributed by atoms with Gasteiger partial charge >= 0.3 is 0 Å². The lowest BCUT2D eigenvalue weighted by atomic mass is 10.0. The molecular weight excluding hydrogens is 480 g/mol. The maximum atomic E-state index is 13.1. The van der Waals surface area contributed by atoms with E-state index in [1.165, 1.54) is 6.07 Å². The lowest BCUT2D eigenvalue weighted by molar-refractivity contribution is 0.0641. The van der Waals surface area contributed by atoms with Crippen molar-refractivity contribution in [2.75, 3.05) is 11.9 Å². The van der Waals surface area contributed by atoms with Gasteiger partial charge in [-0.2, -0.15) is 5.10 Å². The summed E-state index contributed by atoms with van der Waals surface area (Å²) in [5, 5.41) is 16.9. The van der Waals surface area contributed by atoms with Gasteiger partial charge in [0.1, 0.15) is 11.6 Å². The molecule has 196 valence electrons. The minimum absolute atomic E-state index is 0.218. The predicted molar refractivity (Wildman–Crippen MR) is 148 cm³/mol. The van der Waals surface area contributed by atoms with Crippen LogP contribution in [-0.4, -0.2) is 38.0 Å². The standard InChI is InChI=1S/C30H32N4O4/c1-20-11-12-24(38-16-8-14-30(3,4)37)19-25(20)22-13-15-31-27(18-22)32-29(36)28-26(35)17-21(2)34(33-28)23-9-6-5-7-10-23/h5-7,9-13,15,17-19,37H,8,14,16H2,1-4H3,(H,31,32,36). The van der Waals surface area contributed by atoms with Crippen LogP contribution in [0, 0.1) is 13.8 Å². The van der Waals surface area contributed by atoms with Crippen LogP contribution >= 0.6 is 0 Å². The van der Waals surface area contributed by atoms with E-state index >= 15 is 0 Å². The number of anilines is 1. The molecule has 0 unspecified atom stereocenters. The molecule has 4 aromatic rings. The number of aryl methyl sites for hydroxylation is 2. The zero-order chi connectivity index (χ0) is 27.3. The Labute approximate surface area is 222 Å². The summed E-state index contributed by atoms with van der Waals surface area (Å²) in [5.41, 5.74) is 2.77. The highest BCUT2D eigenvalue weighted by Crippen LogP contribution is 2.29. The van der Waals surface area contributed by atoms with Crippen molar-refractivity contribution in [2.24, 2.45) is 0 Å². The van der Waals surface area contributed by atoms with Crippen LogP contribution in [0.1, 0.15) is 48.4 Å². The van der Waals surface area contributed by atoms with Crippen LogP contribution in [0.2, 0.25) is 0 Å². The molecule has 38 heavy (non-hydrogen) atoms. The number of hydrogen-bond donors (Lipinski definition) is 2. The normalized spacial score (nSPS) is 11.3. The van der Waals surface area contributed by atoms with E-state index in [-0.39, 0.29) is 5.69 Å². The van der Waals surface area contributed by atoms with E-state index in [2.05, 4.69) is 15.4 Å². The van der Waals surface area contributed by atoms with E-state index in [1.54, 1.807) is 37.7 Å². The third-order valence-corrected chi connectivity index (χ3v) is 6.05. The van der Waals surface area contributed by atoms with Crippen LogP contribution in [0.3, 0.4) is 0 Å². The highest BCUT2D eigenvalue weighted by molar-refractivity contribution is 6.02. The molecule has 0 aliphatic carbocycles. The molecule has 0 spiro atoms. The summed E-state index contributed by atoms with van der Waals surface area (Å²) in [6.45, 7) is 7.82. The number of carbonyl (C=O) groups is 1. The quantitative estimate of drug-likeness (QED) is 0.303. The highest BCUT2D eigenvalue weighted by Gasteiger charge is 2.17. The van der Waals surface area contributed by atoms with Gasteiger partial charge in [0.15, 0.2) is 5.69 Å². The molecule has 2 aromatic heterocycles. The van der Waals surface area contributed by atoms with Crippen LogP contribution < -0.4 is 15.5 Å². The number of aromatic nitrogens is 3. The molecule has 0 saturated heterocycles. The number of amides is 1. The van der Waals surface area contributed by atoms with Crippen molar-refractivity contribution in [1.82, 2.24) is 14.8 Å². The molecule has 0 aliphatic rings. The maximum absolute atomic E-state index is 13.1. The summed E-state index contributed by atoms with van der Waals surface area (Å²) in [6, 6.07) is 20.1. The Bertz CT molecular complexity index is 1490. The zero-order valence-electron chi connectivity index (χ0n) is 22.1. The Morgan fingerprint density at radius 3 is 2.55 bits per heavy atom. The van der Waals surface area contributed by atoms with Crippen LogP contribution in [0.15, 0.2) is 77.7 Å². The van der Waals surface area contributed by atoms with Crippen LogP contribution in [-0.2, 0) is 0 Å². The molecule has 0 fully saturated rings. The monoisotopic (exact) mass is 512 g/mol. The first-order valence-electron chi connectivity index (χ1n) is 12.5. The number of pyridine rings is 1. The Morgan fingerprint density at radius 2 is 1.82 bits per heavy atom. The Hall–Kier alpha value is -4.30. The van der Waals surface area contributed by atoms with Gasteiger partial charge in [0.2, 0.25) is 5.43 Å². The molecule has 0 aliphatic heterocycles. The summed E-state index contributed by atoms with van der Waals surface area (Å²) in [4.78, 5) is 29.9. The lowest BCUT2D eigenvalue weighted by Crippen LogP contribution is -2.27. The number of nitrogens with zero attached hydrogens (tertiary/aromatic N) is 3. The summed E-state index contributed by atoms with van der Waals surface area (Å²) in [7, 11) is 0. The van der Waals surface area contributed by atoms with Gasteiger partial charge in [0.05, 0.1) is 17.9 Å². The summed E-state index contributed by atoms with van der Waals surface area (Å²) in [6.07, 6.45) is 2.98. The minimum atomic E-state index is -0.720. The number of rotatable bonds is 9. The summed E-state index contributed by atoms with van der Waals surface area (Å²) >= 11 is 0. The highest BCUT2D eigenvalue weighted by atomic mass is 16.5. The fraction of sp³-hybridized carbons (Fsp3) is 0.267. The van der Waals surface area contributed by atoms with Gasteiger partial charge in [0.25, 0.3) is 5.91 Å². The van der Waals surface area contributed by atoms with Crippen molar-refractivity contribution >= 4 is 11.7 Å². The lowest BCUT2D eigenvalue weighted by Gasteiger charge is -2.17. The molecule has 4 rings (SSSR count). The smallest absolute Gasteiger partial charge is 0.281 e. The van der Waals surface area contributed by atoms with Gasteiger partial charge in [-0.25, -0.2) is 9.67 Å². The van der Waals surface area contributed by atoms with Crippen LogP contribution in [0.5, 0.6) is 5.75 Å². The number of ether oxygens (including phenoxy) is 1. The van der Waals surface area contributed by atoms with Gasteiger partial charge in [-0.05, 0) is 93.6 Å². The number of aliphatic hydroxyl groups is 1. The van der Waals surface area contributed by atoms with Crippen molar-refractivity contribution < 1.29 is 14.6 Å². The van der Waals surface area contributed by atoms with Crippen molar-refractivity contribution in [3.8, 4) is 22.6 Å². The second-order valence-corrected chi connectivity index (χ2v) is 9.87. The predicted octanol–water partition coefficient (Wildman–Crippen LogP) is 5.09. The third kappa shape index (κ3) is 6.72. The first-order chi connectivity index (χ1) is 18.1. The zero-order valence-corrected chi connectivity index (χ0v) is 22.1. The SMILES string of the molecule is Cc1ccc(OCCCC(C)(C)O)cc1-c1ccnc(NC(=O)c2nn(-c3ccccc3)c(C)cc2=O)c1. The van der Waals surface area contributed by atoms with Crippen molar-refractivity contribution in [3.63, 3.8) is 0 Å². The third-order valence-electron chi connectivity index (χ3n) is 6.05. The first-order valence-corrected chi connectivity index (χ1v) is 12.5. The molecular formula is C30H32N4O4. The summed E-state index contributed by atoms with van der Waals surface area (Å²) in [5.74, 6) is 0.385. The molecule has 0 atom stereocenters. The molecule has 0 saturated carbocycles. The fourth-order valence-electron chi connectivity index (χ4n) is 4.07. The topological polar surface area (TPSA) is 106 Å². The van der Waals surface area contributed by atoms with Gasteiger partial charge in [0, 0.05) is 18.0 Å². The molecule has 8 nitrogen and oxygen atoms in total. The molecule has 2 heterocycles. The summed E-state index contributed by atoms with van der Waals surface area (Å²) < 4.78 is 7.47. The number of para-hydroxylation sites is 1. The van der Waals surface area contributed by atoms with E-state index in [4.69, 9.17) is 4.74 Å². The van der Waals surface area contributed by atoms with E-state index < -0.39 is 16.9 Å². The number of benzene rings is 2. The second kappa shape index (κ2) is 11.4. The van der Waals surface area contributed by atoms with Crippen molar-refractivity contribution in [1.29, 1.82) is 0 Å². The van der Waals surface area contributed by atoms with Gasteiger partial charge in [-0.15, -0.1) is 0 Å². The van der Waals surface area contributed by atoms with Gasteiger partial charge < -0.3 is 15.2 Å². The number of carbonyl (C=O) groups excluding carboxylic acids is 1. The average molecular weight is 513 g/mol. The molecule has 2 aromatic carbocycles. The minimum Gasteiger partial charge on any atom is -0.494 e. The number of hydrogen-bond acceptors (Lipinski definition) is 6. The first kappa shape index (κ1) is 26.8. The largest absolute Gasteiger partial charge is 0.494 e. The molecule has 1 amide bonds. The Balaban J connectivity index is 1.53. The van der Waals surface area contributed by atoms with Crippen LogP contribution in [0.25, 0.3) is 16.8 Å². The van der Waals surface area contributed by atoms with E-state index in [9.17, 15) is 14.7 Å². The van der Waals surface area contributed by atoms with Gasteiger partial charge in [-0.3, -0.25) is 9.59 Å². The average Bonchev–Trinajstić information content (AvgIpc) is 2.87. The van der Waals surface area contributed by atoms with Crippen molar-refractivity contribution in [2.45, 2.75) is 46.1 Å². The van der Waals surface area contributed by atoms with E-state index in [0.29, 0.717) is 30.3 Å². The Morgan fingerprint density at radius 1 is 1.05 bits per heavy atom. The second-order valence-electron chi connectivity index (χ2n) is 9.87. The number of nitrogens with one attached hydrogen (secondary N) is 1. The van der Waals surface area contributed by atoms with E-state index in [0.717, 1.165) is 28.8 Å². The Kier molecular flexibility index (Phi) is 8.02. The fourth-order valence-corrected chi connectivity index (χ4v) is 4.07. The van der Waals surface area contributed by atoms with Crippen molar-refractivity contribution in [3.05, 3.63) is 100 Å². The molecule has 2 N–H and O–H groups in total. The van der Waals surface area contributed by atoms with E-state index in [1.807, 2.05) is 61.5 Å². The van der Waals surface area contributed by atoms with Crippen LogP contribution in [0.4, 0.5) is 5.82 Å². The molecule has 0 bridgehead atoms. The maximum Gasteiger partial charge on any atom is 0.281 e. The van der Waals surface area contributed by atoms with Gasteiger partial charge in [-0.1, -0.05) is 24.3 Å². The molecule has 0 radical (unpaired) electrons.